The number of hydrogen-bond acceptors (Lipinski definition) is 4. The highest BCUT2D eigenvalue weighted by Gasteiger charge is 2.57. The molecule has 0 bridgehead atoms. The van der Waals surface area contributed by atoms with Crippen molar-refractivity contribution in [3.05, 3.63) is 12.4 Å². The molecule has 0 aliphatic carbocycles. The first kappa shape index (κ1) is 11.5. The number of anilines is 1. The van der Waals surface area contributed by atoms with Gasteiger partial charge in [-0.05, 0) is 0 Å². The van der Waals surface area contributed by atoms with Gasteiger partial charge in [-0.1, -0.05) is 0 Å². The van der Waals surface area contributed by atoms with E-state index in [2.05, 4.69) is 10.3 Å². The lowest BCUT2D eigenvalue weighted by Crippen LogP contribution is -2.44. The summed E-state index contributed by atoms with van der Waals surface area (Å²) in [5.41, 5.74) is 4.08. The molecule has 100 valence electrons. The van der Waals surface area contributed by atoms with E-state index < -0.39 is 23.6 Å². The van der Waals surface area contributed by atoms with Crippen molar-refractivity contribution < 1.29 is 19.5 Å². The van der Waals surface area contributed by atoms with Crippen LogP contribution in [0.25, 0.3) is 0 Å². The summed E-state index contributed by atoms with van der Waals surface area (Å²) in [4.78, 5) is 39.5. The summed E-state index contributed by atoms with van der Waals surface area (Å²) >= 11 is 0. The van der Waals surface area contributed by atoms with Gasteiger partial charge in [-0.25, -0.2) is 9.78 Å². The first-order valence-corrected chi connectivity index (χ1v) is 5.60. The van der Waals surface area contributed by atoms with E-state index in [9.17, 15) is 14.4 Å². The minimum absolute atomic E-state index is 0.0177. The SMILES string of the molecule is NC(=O)[C@@H]1C[C@@]2(CN1C(=O)O)C(=O)Nc1nccn12. The maximum absolute atomic E-state index is 12.1. The fraction of sp³-hybridized carbons (Fsp3) is 0.400. The number of rotatable bonds is 1. The number of primary amides is 1. The van der Waals surface area contributed by atoms with Crippen molar-refractivity contribution in [3.8, 4) is 0 Å². The lowest BCUT2D eigenvalue weighted by Gasteiger charge is -2.21. The summed E-state index contributed by atoms with van der Waals surface area (Å²) < 4.78 is 1.56. The van der Waals surface area contributed by atoms with Gasteiger partial charge in [-0.2, -0.15) is 0 Å². The third kappa shape index (κ3) is 1.35. The molecule has 1 saturated heterocycles. The third-order valence-electron chi connectivity index (χ3n) is 3.66. The average Bonchev–Trinajstić information content (AvgIpc) is 2.96. The number of carbonyl (C=O) groups excluding carboxylic acids is 2. The van der Waals surface area contributed by atoms with Crippen LogP contribution < -0.4 is 11.1 Å². The number of nitrogens with zero attached hydrogens (tertiary/aromatic N) is 3. The molecule has 2 aliphatic rings. The van der Waals surface area contributed by atoms with Gasteiger partial charge in [0.25, 0.3) is 5.91 Å². The molecule has 0 unspecified atom stereocenters. The number of nitrogens with two attached hydrogens (primary N) is 1. The summed E-state index contributed by atoms with van der Waals surface area (Å²) in [7, 11) is 0. The van der Waals surface area contributed by atoms with Gasteiger partial charge in [0.15, 0.2) is 0 Å². The number of nitrogens with one attached hydrogen (secondary N) is 1. The lowest BCUT2D eigenvalue weighted by molar-refractivity contribution is -0.122. The standard InChI is InChI=1S/C10H11N5O4/c11-6(16)5-3-10(4-14(5)9(18)19)7(17)13-8-12-1-2-15(8)10/h1-2,5H,3-4H2,(H2,11,16)(H,18,19)(H,12,13,17)/t5-,10+/m0/s1. The van der Waals surface area contributed by atoms with Gasteiger partial charge in [0.2, 0.25) is 11.9 Å². The predicted octanol–water partition coefficient (Wildman–Crippen LogP) is -1.23. The first-order valence-electron chi connectivity index (χ1n) is 5.60. The van der Waals surface area contributed by atoms with Crippen LogP contribution in [0.1, 0.15) is 6.42 Å². The van der Waals surface area contributed by atoms with Crippen molar-refractivity contribution in [3.63, 3.8) is 0 Å². The number of fused-ring (bicyclic) bond motifs is 2. The Morgan fingerprint density at radius 2 is 2.32 bits per heavy atom. The third-order valence-corrected chi connectivity index (χ3v) is 3.66. The minimum atomic E-state index is -1.28. The van der Waals surface area contributed by atoms with E-state index in [1.165, 1.54) is 6.20 Å². The van der Waals surface area contributed by atoms with Crippen LogP contribution >= 0.6 is 0 Å². The van der Waals surface area contributed by atoms with Crippen LogP contribution in [0.4, 0.5) is 10.7 Å². The molecule has 1 spiro atoms. The number of likely N-dealkylation sites (tertiary alicyclic amines) is 1. The van der Waals surface area contributed by atoms with Crippen LogP contribution in [-0.2, 0) is 15.1 Å². The van der Waals surface area contributed by atoms with Crippen molar-refractivity contribution in [1.29, 1.82) is 0 Å². The van der Waals surface area contributed by atoms with E-state index in [-0.39, 0.29) is 18.9 Å². The second-order valence-corrected chi connectivity index (χ2v) is 4.64. The zero-order valence-corrected chi connectivity index (χ0v) is 9.74. The van der Waals surface area contributed by atoms with Gasteiger partial charge in [-0.3, -0.25) is 24.4 Å². The van der Waals surface area contributed by atoms with E-state index in [0.29, 0.717) is 5.95 Å². The number of carboxylic acid groups (broad SMARTS) is 1. The van der Waals surface area contributed by atoms with Gasteiger partial charge in [-0.15, -0.1) is 0 Å². The van der Waals surface area contributed by atoms with Crippen molar-refractivity contribution in [2.75, 3.05) is 11.9 Å². The van der Waals surface area contributed by atoms with E-state index in [1.54, 1.807) is 10.8 Å². The minimum Gasteiger partial charge on any atom is -0.465 e. The molecular formula is C10H11N5O4. The summed E-state index contributed by atoms with van der Waals surface area (Å²) in [6.07, 6.45) is 1.82. The van der Waals surface area contributed by atoms with Crippen molar-refractivity contribution >= 4 is 23.9 Å². The topological polar surface area (TPSA) is 131 Å². The van der Waals surface area contributed by atoms with Crippen molar-refractivity contribution in [2.24, 2.45) is 5.73 Å². The van der Waals surface area contributed by atoms with Crippen LogP contribution in [0.2, 0.25) is 0 Å². The van der Waals surface area contributed by atoms with Gasteiger partial charge in [0, 0.05) is 18.8 Å². The monoisotopic (exact) mass is 265 g/mol. The summed E-state index contributed by atoms with van der Waals surface area (Å²) in [5, 5.41) is 11.7. The second kappa shape index (κ2) is 3.46. The second-order valence-electron chi connectivity index (χ2n) is 4.64. The molecule has 4 N–H and O–H groups in total. The van der Waals surface area contributed by atoms with Crippen LogP contribution in [0.5, 0.6) is 0 Å². The Bertz CT molecular complexity index is 572. The van der Waals surface area contributed by atoms with Gasteiger partial charge in [0.05, 0.1) is 6.54 Å². The molecule has 2 atom stereocenters. The Kier molecular flexibility index (Phi) is 2.10. The highest BCUT2D eigenvalue weighted by molar-refractivity contribution is 6.01. The molecule has 1 aromatic heterocycles. The predicted molar refractivity (Wildman–Crippen MR) is 61.2 cm³/mol. The average molecular weight is 265 g/mol. The fourth-order valence-electron chi connectivity index (χ4n) is 2.75. The molecule has 0 radical (unpaired) electrons. The number of aromatic nitrogens is 2. The Morgan fingerprint density at radius 1 is 1.58 bits per heavy atom. The van der Waals surface area contributed by atoms with E-state index in [4.69, 9.17) is 10.8 Å². The molecule has 9 heteroatoms. The number of hydrogen-bond donors (Lipinski definition) is 3. The molecule has 1 aromatic rings. The molecule has 19 heavy (non-hydrogen) atoms. The van der Waals surface area contributed by atoms with Gasteiger partial charge in [0.1, 0.15) is 11.6 Å². The molecule has 3 amide bonds. The van der Waals surface area contributed by atoms with Crippen molar-refractivity contribution in [2.45, 2.75) is 18.0 Å². The summed E-state index contributed by atoms with van der Waals surface area (Å²) in [5.74, 6) is -0.785. The molecule has 0 saturated carbocycles. The first-order chi connectivity index (χ1) is 8.95. The Labute approximate surface area is 107 Å². The quantitative estimate of drug-likeness (QED) is 0.585. The molecule has 3 heterocycles. The van der Waals surface area contributed by atoms with Gasteiger partial charge >= 0.3 is 6.09 Å². The maximum atomic E-state index is 12.1. The van der Waals surface area contributed by atoms with E-state index in [1.807, 2.05) is 0 Å². The number of amides is 3. The van der Waals surface area contributed by atoms with Crippen LogP contribution in [0.3, 0.4) is 0 Å². The Balaban J connectivity index is 2.06. The molecule has 9 nitrogen and oxygen atoms in total. The summed E-state index contributed by atoms with van der Waals surface area (Å²) in [6, 6.07) is -1.02. The maximum Gasteiger partial charge on any atom is 0.408 e. The van der Waals surface area contributed by atoms with Gasteiger partial charge < -0.3 is 10.8 Å². The largest absolute Gasteiger partial charge is 0.465 e. The van der Waals surface area contributed by atoms with Crippen LogP contribution in [0, 0.1) is 0 Å². The van der Waals surface area contributed by atoms with E-state index >= 15 is 0 Å². The lowest BCUT2D eigenvalue weighted by atomic mass is 9.95. The van der Waals surface area contributed by atoms with Crippen LogP contribution in [0.15, 0.2) is 12.4 Å². The number of imidazole rings is 1. The van der Waals surface area contributed by atoms with Crippen LogP contribution in [-0.4, -0.2) is 50.1 Å². The molecule has 0 aromatic carbocycles. The normalized spacial score (nSPS) is 28.5. The number of carbonyl (C=O) groups is 3. The summed E-state index contributed by atoms with van der Waals surface area (Å²) in [6.45, 7) is -0.120. The molecule has 3 rings (SSSR count). The molecule has 1 fully saturated rings. The highest BCUT2D eigenvalue weighted by Crippen LogP contribution is 2.40. The Morgan fingerprint density at radius 3 is 2.89 bits per heavy atom. The zero-order chi connectivity index (χ0) is 13.8. The van der Waals surface area contributed by atoms with E-state index in [0.717, 1.165) is 4.90 Å². The Hall–Kier alpha value is -2.58. The fourth-order valence-corrected chi connectivity index (χ4v) is 2.75. The molecular weight excluding hydrogens is 254 g/mol. The molecule has 2 aliphatic heterocycles. The van der Waals surface area contributed by atoms with Crippen molar-refractivity contribution in [1.82, 2.24) is 14.5 Å². The highest BCUT2D eigenvalue weighted by atomic mass is 16.4. The smallest absolute Gasteiger partial charge is 0.408 e. The zero-order valence-electron chi connectivity index (χ0n) is 9.74.